The van der Waals surface area contributed by atoms with Crippen LogP contribution in [0.5, 0.6) is 5.75 Å². The number of nitrogens with zero attached hydrogens (tertiary/aromatic N) is 5. The van der Waals surface area contributed by atoms with E-state index in [2.05, 4.69) is 24.9 Å². The maximum atomic E-state index is 5.46. The Morgan fingerprint density at radius 2 is 1.96 bits per heavy atom. The Labute approximate surface area is 156 Å². The van der Waals surface area contributed by atoms with Gasteiger partial charge < -0.3 is 14.2 Å². The molecule has 0 amide bonds. The lowest BCUT2D eigenvalue weighted by Crippen LogP contribution is -2.46. The van der Waals surface area contributed by atoms with Gasteiger partial charge in [-0.1, -0.05) is 5.16 Å². The van der Waals surface area contributed by atoms with Crippen LogP contribution in [0.1, 0.15) is 12.8 Å². The van der Waals surface area contributed by atoms with Gasteiger partial charge in [0.25, 0.3) is 0 Å². The first-order chi connectivity index (χ1) is 12.8. The van der Waals surface area contributed by atoms with Crippen molar-refractivity contribution in [2.45, 2.75) is 13.5 Å². The minimum atomic E-state index is 0.615. The minimum absolute atomic E-state index is 0.615. The number of hydrogen-bond donors (Lipinski definition) is 0. The highest BCUT2D eigenvalue weighted by molar-refractivity contribution is 7.13. The Balaban J connectivity index is 1.34. The molecule has 1 aliphatic rings. The van der Waals surface area contributed by atoms with Crippen molar-refractivity contribution in [3.8, 4) is 17.1 Å². The predicted molar refractivity (Wildman–Crippen MR) is 101 cm³/mol. The Hall–Kier alpha value is -2.45. The highest BCUT2D eigenvalue weighted by atomic mass is 32.1. The molecule has 0 radical (unpaired) electrons. The van der Waals surface area contributed by atoms with Crippen LogP contribution in [0.2, 0.25) is 0 Å². The van der Waals surface area contributed by atoms with E-state index in [1.165, 1.54) is 0 Å². The monoisotopic (exact) mass is 371 g/mol. The summed E-state index contributed by atoms with van der Waals surface area (Å²) in [6.07, 6.45) is 1.85. The maximum Gasteiger partial charge on any atom is 0.241 e. The summed E-state index contributed by atoms with van der Waals surface area (Å²) in [5, 5.41) is 7.22. The van der Waals surface area contributed by atoms with Crippen LogP contribution in [0.3, 0.4) is 0 Å². The van der Waals surface area contributed by atoms with Crippen molar-refractivity contribution >= 4 is 16.5 Å². The number of ether oxygens (including phenoxy) is 1. The van der Waals surface area contributed by atoms with Crippen molar-refractivity contribution in [2.75, 3.05) is 37.7 Å². The van der Waals surface area contributed by atoms with E-state index in [1.54, 1.807) is 11.3 Å². The number of rotatable bonds is 6. The van der Waals surface area contributed by atoms with E-state index < -0.39 is 0 Å². The molecule has 4 rings (SSSR count). The average molecular weight is 371 g/mol. The zero-order valence-electron chi connectivity index (χ0n) is 14.7. The Bertz CT molecular complexity index is 810. The average Bonchev–Trinajstić information content (AvgIpc) is 3.36. The zero-order chi connectivity index (χ0) is 17.8. The van der Waals surface area contributed by atoms with Gasteiger partial charge in [-0.05, 0) is 31.2 Å². The van der Waals surface area contributed by atoms with Gasteiger partial charge in [0.2, 0.25) is 11.7 Å². The highest BCUT2D eigenvalue weighted by Gasteiger charge is 2.20. The van der Waals surface area contributed by atoms with Crippen LogP contribution in [-0.2, 0) is 6.54 Å². The molecule has 8 heteroatoms. The number of benzene rings is 1. The molecule has 0 aliphatic carbocycles. The summed E-state index contributed by atoms with van der Waals surface area (Å²) in [5.41, 5.74) is 0.928. The smallest absolute Gasteiger partial charge is 0.241 e. The molecule has 0 atom stereocenters. The molecule has 136 valence electrons. The first-order valence-corrected chi connectivity index (χ1v) is 9.62. The Kier molecular flexibility index (Phi) is 5.12. The molecule has 0 unspecified atom stereocenters. The van der Waals surface area contributed by atoms with Crippen molar-refractivity contribution in [3.63, 3.8) is 0 Å². The summed E-state index contributed by atoms with van der Waals surface area (Å²) >= 11 is 1.69. The first kappa shape index (κ1) is 17.0. The summed E-state index contributed by atoms with van der Waals surface area (Å²) in [7, 11) is 0. The molecule has 0 bridgehead atoms. The van der Waals surface area contributed by atoms with Gasteiger partial charge in [-0.25, -0.2) is 4.98 Å². The molecule has 1 aliphatic heterocycles. The summed E-state index contributed by atoms with van der Waals surface area (Å²) in [5.74, 6) is 2.11. The summed E-state index contributed by atoms with van der Waals surface area (Å²) in [6.45, 7) is 7.15. The molecular weight excluding hydrogens is 350 g/mol. The topological polar surface area (TPSA) is 67.5 Å². The van der Waals surface area contributed by atoms with Crippen molar-refractivity contribution in [1.82, 2.24) is 20.0 Å². The molecule has 26 heavy (non-hydrogen) atoms. The zero-order valence-corrected chi connectivity index (χ0v) is 15.5. The number of aromatic nitrogens is 3. The van der Waals surface area contributed by atoms with Crippen LogP contribution in [0, 0.1) is 0 Å². The minimum Gasteiger partial charge on any atom is -0.494 e. The fourth-order valence-electron chi connectivity index (χ4n) is 2.96. The van der Waals surface area contributed by atoms with Crippen LogP contribution in [0.4, 0.5) is 5.13 Å². The molecule has 0 saturated carbocycles. The van der Waals surface area contributed by atoms with E-state index in [0.29, 0.717) is 24.9 Å². The molecule has 7 nitrogen and oxygen atoms in total. The predicted octanol–water partition coefficient (Wildman–Crippen LogP) is 2.91. The largest absolute Gasteiger partial charge is 0.494 e. The Morgan fingerprint density at radius 1 is 1.15 bits per heavy atom. The molecular formula is C18H21N5O2S. The van der Waals surface area contributed by atoms with Gasteiger partial charge in [0.05, 0.1) is 13.2 Å². The van der Waals surface area contributed by atoms with Gasteiger partial charge in [0, 0.05) is 43.3 Å². The molecule has 2 aromatic heterocycles. The van der Waals surface area contributed by atoms with Gasteiger partial charge in [-0.15, -0.1) is 11.3 Å². The quantitative estimate of drug-likeness (QED) is 0.660. The summed E-state index contributed by atoms with van der Waals surface area (Å²) in [6, 6.07) is 7.75. The first-order valence-electron chi connectivity index (χ1n) is 8.74. The van der Waals surface area contributed by atoms with E-state index in [9.17, 15) is 0 Å². The van der Waals surface area contributed by atoms with E-state index in [-0.39, 0.29) is 0 Å². The molecule has 3 heterocycles. The third-order valence-electron chi connectivity index (χ3n) is 4.31. The second-order valence-corrected chi connectivity index (χ2v) is 6.92. The maximum absolute atomic E-state index is 5.46. The van der Waals surface area contributed by atoms with Crippen LogP contribution >= 0.6 is 11.3 Å². The fraction of sp³-hybridized carbons (Fsp3) is 0.389. The van der Waals surface area contributed by atoms with E-state index >= 15 is 0 Å². The van der Waals surface area contributed by atoms with Gasteiger partial charge in [0.1, 0.15) is 5.75 Å². The number of anilines is 1. The van der Waals surface area contributed by atoms with Gasteiger partial charge >= 0.3 is 0 Å². The lowest BCUT2D eigenvalue weighted by atomic mass is 10.2. The van der Waals surface area contributed by atoms with Crippen molar-refractivity contribution in [2.24, 2.45) is 0 Å². The lowest BCUT2D eigenvalue weighted by molar-refractivity contribution is 0.215. The Morgan fingerprint density at radius 3 is 2.65 bits per heavy atom. The number of hydrogen-bond acceptors (Lipinski definition) is 8. The van der Waals surface area contributed by atoms with Crippen LogP contribution in [0.15, 0.2) is 40.4 Å². The molecule has 1 saturated heterocycles. The van der Waals surface area contributed by atoms with Crippen molar-refractivity contribution < 1.29 is 9.26 Å². The second-order valence-electron chi connectivity index (χ2n) is 6.05. The number of thiazole rings is 1. The second kappa shape index (κ2) is 7.84. The molecule has 0 spiro atoms. The normalized spacial score (nSPS) is 15.3. The van der Waals surface area contributed by atoms with E-state index in [1.807, 2.05) is 42.8 Å². The molecule has 0 N–H and O–H groups in total. The van der Waals surface area contributed by atoms with Crippen LogP contribution in [-0.4, -0.2) is 52.8 Å². The van der Waals surface area contributed by atoms with Crippen molar-refractivity contribution in [1.29, 1.82) is 0 Å². The van der Waals surface area contributed by atoms with Gasteiger partial charge in [-0.2, -0.15) is 4.98 Å². The van der Waals surface area contributed by atoms with E-state index in [4.69, 9.17) is 9.26 Å². The van der Waals surface area contributed by atoms with E-state index in [0.717, 1.165) is 42.6 Å². The van der Waals surface area contributed by atoms with Crippen molar-refractivity contribution in [3.05, 3.63) is 41.7 Å². The number of piperazine rings is 1. The summed E-state index contributed by atoms with van der Waals surface area (Å²) < 4.78 is 10.9. The van der Waals surface area contributed by atoms with Gasteiger partial charge in [-0.3, -0.25) is 4.90 Å². The third kappa shape index (κ3) is 3.86. The van der Waals surface area contributed by atoms with Crippen LogP contribution in [0.25, 0.3) is 11.4 Å². The molecule has 3 aromatic rings. The lowest BCUT2D eigenvalue weighted by Gasteiger charge is -2.33. The molecule has 1 fully saturated rings. The molecule has 1 aromatic carbocycles. The SMILES string of the molecule is CCOc1ccc(-c2noc(CN3CCN(c4nccs4)CC3)n2)cc1. The highest BCUT2D eigenvalue weighted by Crippen LogP contribution is 2.22. The summed E-state index contributed by atoms with van der Waals surface area (Å²) in [4.78, 5) is 13.6. The fourth-order valence-corrected chi connectivity index (χ4v) is 3.66. The standard InChI is InChI=1S/C18H21N5O2S/c1-2-24-15-5-3-14(4-6-15)17-20-16(25-21-17)13-22-8-10-23(11-9-22)18-19-7-12-26-18/h3-7,12H,2,8-11,13H2,1H3. The van der Waals surface area contributed by atoms with Gasteiger partial charge in [0.15, 0.2) is 5.13 Å². The third-order valence-corrected chi connectivity index (χ3v) is 5.14. The van der Waals surface area contributed by atoms with Crippen LogP contribution < -0.4 is 9.64 Å².